The summed E-state index contributed by atoms with van der Waals surface area (Å²) in [5, 5.41) is 9.07. The lowest BCUT2D eigenvalue weighted by molar-refractivity contribution is -0.142. The molecular formula is C18H28N2O4S. The zero-order chi connectivity index (χ0) is 18.4. The molecule has 2 N–H and O–H groups in total. The highest BCUT2D eigenvalue weighted by Crippen LogP contribution is 2.19. The van der Waals surface area contributed by atoms with Crippen LogP contribution >= 0.6 is 0 Å². The highest BCUT2D eigenvalue weighted by molar-refractivity contribution is 7.87. The Kier molecular flexibility index (Phi) is 6.98. The number of benzene rings is 1. The molecule has 6 nitrogen and oxygen atoms in total. The monoisotopic (exact) mass is 368 g/mol. The molecule has 0 bridgehead atoms. The minimum Gasteiger partial charge on any atom is -0.481 e. The van der Waals surface area contributed by atoms with Gasteiger partial charge in [0.15, 0.2) is 0 Å². The Morgan fingerprint density at radius 2 is 2.00 bits per heavy atom. The number of rotatable bonds is 8. The standard InChI is InChI=1S/C18H28N2O4S/c1-14(2)16-9-7-15(8-10-16)5-3-11-19-25(23,24)20-12-4-6-17(13-20)18(21)22/h7-10,14,17,19H,3-6,11-13H2,1-2H3,(H,21,22). The Morgan fingerprint density at radius 1 is 1.32 bits per heavy atom. The van der Waals surface area contributed by atoms with Crippen molar-refractivity contribution in [2.45, 2.75) is 45.4 Å². The molecule has 1 atom stereocenters. The Bertz CT molecular complexity index is 671. The Hall–Kier alpha value is -1.44. The number of aryl methyl sites for hydroxylation is 1. The molecule has 0 saturated carbocycles. The molecule has 1 aliphatic rings. The van der Waals surface area contributed by atoms with E-state index in [1.54, 1.807) is 0 Å². The number of aliphatic carboxylic acids is 1. The number of hydrogen-bond donors (Lipinski definition) is 2. The van der Waals surface area contributed by atoms with Gasteiger partial charge >= 0.3 is 5.97 Å². The highest BCUT2D eigenvalue weighted by Gasteiger charge is 2.31. The summed E-state index contributed by atoms with van der Waals surface area (Å²) < 4.78 is 28.5. The van der Waals surface area contributed by atoms with Gasteiger partial charge in [-0.25, -0.2) is 4.72 Å². The van der Waals surface area contributed by atoms with Crippen molar-refractivity contribution in [1.82, 2.24) is 9.03 Å². The van der Waals surface area contributed by atoms with Crippen LogP contribution in [0.15, 0.2) is 24.3 Å². The van der Waals surface area contributed by atoms with E-state index in [-0.39, 0.29) is 6.54 Å². The molecule has 0 spiro atoms. The number of piperidine rings is 1. The minimum atomic E-state index is -3.60. The van der Waals surface area contributed by atoms with Crippen LogP contribution < -0.4 is 4.72 Å². The summed E-state index contributed by atoms with van der Waals surface area (Å²) in [6, 6.07) is 8.41. The van der Waals surface area contributed by atoms with Crippen molar-refractivity contribution in [3.8, 4) is 0 Å². The molecule has 0 radical (unpaired) electrons. The van der Waals surface area contributed by atoms with Crippen molar-refractivity contribution in [3.63, 3.8) is 0 Å². The molecule has 1 fully saturated rings. The second kappa shape index (κ2) is 8.78. The second-order valence-corrected chi connectivity index (χ2v) is 8.69. The van der Waals surface area contributed by atoms with Gasteiger partial charge in [-0.1, -0.05) is 38.1 Å². The molecule has 1 heterocycles. The Balaban J connectivity index is 1.79. The highest BCUT2D eigenvalue weighted by atomic mass is 32.2. The second-order valence-electron chi connectivity index (χ2n) is 6.93. The summed E-state index contributed by atoms with van der Waals surface area (Å²) in [5.41, 5.74) is 2.48. The number of carbonyl (C=O) groups is 1. The first-order chi connectivity index (χ1) is 11.8. The van der Waals surface area contributed by atoms with Gasteiger partial charge in [0.05, 0.1) is 5.92 Å². The van der Waals surface area contributed by atoms with Crippen LogP contribution in [0.2, 0.25) is 0 Å². The molecule has 0 aliphatic carbocycles. The summed E-state index contributed by atoms with van der Waals surface area (Å²) in [6.45, 7) is 5.10. The maximum Gasteiger partial charge on any atom is 0.307 e. The summed E-state index contributed by atoms with van der Waals surface area (Å²) in [4.78, 5) is 11.1. The first kappa shape index (κ1) is 19.9. The predicted molar refractivity (Wildman–Crippen MR) is 97.7 cm³/mol. The van der Waals surface area contributed by atoms with Crippen LogP contribution in [0.3, 0.4) is 0 Å². The SMILES string of the molecule is CC(C)c1ccc(CCCNS(=O)(=O)N2CCCC(C(=O)O)C2)cc1. The van der Waals surface area contributed by atoms with Gasteiger partial charge in [0.1, 0.15) is 0 Å². The molecule has 1 aromatic carbocycles. The molecule has 140 valence electrons. The van der Waals surface area contributed by atoms with E-state index in [1.807, 2.05) is 0 Å². The number of hydrogen-bond acceptors (Lipinski definition) is 3. The normalized spacial score (nSPS) is 19.2. The van der Waals surface area contributed by atoms with Crippen molar-refractivity contribution < 1.29 is 18.3 Å². The smallest absolute Gasteiger partial charge is 0.307 e. The third-order valence-electron chi connectivity index (χ3n) is 4.65. The van der Waals surface area contributed by atoms with Gasteiger partial charge in [-0.05, 0) is 42.7 Å². The fourth-order valence-corrected chi connectivity index (χ4v) is 4.35. The van der Waals surface area contributed by atoms with Crippen LogP contribution in [-0.2, 0) is 21.4 Å². The van der Waals surface area contributed by atoms with Crippen molar-refractivity contribution >= 4 is 16.2 Å². The predicted octanol–water partition coefficient (Wildman–Crippen LogP) is 2.37. The number of nitrogens with one attached hydrogen (secondary N) is 1. The molecule has 1 saturated heterocycles. The van der Waals surface area contributed by atoms with Crippen LogP contribution in [0, 0.1) is 5.92 Å². The van der Waals surface area contributed by atoms with Crippen LogP contribution in [-0.4, -0.2) is 43.4 Å². The van der Waals surface area contributed by atoms with Crippen LogP contribution in [0.25, 0.3) is 0 Å². The fourth-order valence-electron chi connectivity index (χ4n) is 3.02. The van der Waals surface area contributed by atoms with Crippen LogP contribution in [0.5, 0.6) is 0 Å². The Labute approximate surface area is 150 Å². The average molecular weight is 368 g/mol. The summed E-state index contributed by atoms with van der Waals surface area (Å²) >= 11 is 0. The lowest BCUT2D eigenvalue weighted by Crippen LogP contribution is -2.47. The summed E-state index contributed by atoms with van der Waals surface area (Å²) in [7, 11) is -3.60. The molecule has 1 aromatic rings. The third kappa shape index (κ3) is 5.80. The Morgan fingerprint density at radius 3 is 2.60 bits per heavy atom. The van der Waals surface area contributed by atoms with E-state index in [2.05, 4.69) is 42.8 Å². The molecular weight excluding hydrogens is 340 g/mol. The lowest BCUT2D eigenvalue weighted by Gasteiger charge is -2.29. The van der Waals surface area contributed by atoms with Gasteiger partial charge in [-0.15, -0.1) is 0 Å². The molecule has 0 aromatic heterocycles. The largest absolute Gasteiger partial charge is 0.481 e. The van der Waals surface area contributed by atoms with Gasteiger partial charge < -0.3 is 5.11 Å². The molecule has 25 heavy (non-hydrogen) atoms. The van der Waals surface area contributed by atoms with E-state index in [0.29, 0.717) is 38.3 Å². The van der Waals surface area contributed by atoms with Crippen molar-refractivity contribution in [3.05, 3.63) is 35.4 Å². The summed E-state index contributed by atoms with van der Waals surface area (Å²) in [5.74, 6) is -1.03. The fraction of sp³-hybridized carbons (Fsp3) is 0.611. The number of carboxylic acid groups (broad SMARTS) is 1. The molecule has 1 aliphatic heterocycles. The van der Waals surface area contributed by atoms with E-state index in [1.165, 1.54) is 15.4 Å². The van der Waals surface area contributed by atoms with Crippen molar-refractivity contribution in [2.24, 2.45) is 5.92 Å². The number of carboxylic acids is 1. The molecule has 0 amide bonds. The average Bonchev–Trinajstić information content (AvgIpc) is 2.59. The van der Waals surface area contributed by atoms with E-state index < -0.39 is 22.1 Å². The topological polar surface area (TPSA) is 86.7 Å². The molecule has 1 unspecified atom stereocenters. The minimum absolute atomic E-state index is 0.0569. The van der Waals surface area contributed by atoms with E-state index >= 15 is 0 Å². The quantitative estimate of drug-likeness (QED) is 0.690. The van der Waals surface area contributed by atoms with Crippen LogP contribution in [0.1, 0.15) is 50.2 Å². The zero-order valence-corrected chi connectivity index (χ0v) is 15.8. The van der Waals surface area contributed by atoms with Crippen LogP contribution in [0.4, 0.5) is 0 Å². The van der Waals surface area contributed by atoms with Gasteiger partial charge in [0.25, 0.3) is 10.2 Å². The lowest BCUT2D eigenvalue weighted by atomic mass is 10.0. The summed E-state index contributed by atoms with van der Waals surface area (Å²) in [6.07, 6.45) is 2.63. The third-order valence-corrected chi connectivity index (χ3v) is 6.23. The van der Waals surface area contributed by atoms with Gasteiger partial charge in [0.2, 0.25) is 0 Å². The maximum atomic E-state index is 12.3. The first-order valence-corrected chi connectivity index (χ1v) is 10.3. The number of nitrogens with zero attached hydrogens (tertiary/aromatic N) is 1. The molecule has 2 rings (SSSR count). The first-order valence-electron chi connectivity index (χ1n) is 8.86. The molecule has 7 heteroatoms. The van der Waals surface area contributed by atoms with Gasteiger partial charge in [-0.2, -0.15) is 12.7 Å². The van der Waals surface area contributed by atoms with Gasteiger partial charge in [0, 0.05) is 19.6 Å². The van der Waals surface area contributed by atoms with E-state index in [0.717, 1.165) is 6.42 Å². The van der Waals surface area contributed by atoms with Crippen molar-refractivity contribution in [2.75, 3.05) is 19.6 Å². The van der Waals surface area contributed by atoms with E-state index in [9.17, 15) is 13.2 Å². The maximum absolute atomic E-state index is 12.3. The zero-order valence-electron chi connectivity index (χ0n) is 14.9. The van der Waals surface area contributed by atoms with E-state index in [4.69, 9.17) is 5.11 Å². The van der Waals surface area contributed by atoms with Gasteiger partial charge in [-0.3, -0.25) is 4.79 Å². The van der Waals surface area contributed by atoms with Crippen molar-refractivity contribution in [1.29, 1.82) is 0 Å².